The van der Waals surface area contributed by atoms with Crippen LogP contribution in [0.4, 0.5) is 0 Å². The summed E-state index contributed by atoms with van der Waals surface area (Å²) in [6.07, 6.45) is 1.63. The molecule has 1 saturated heterocycles. The lowest BCUT2D eigenvalue weighted by molar-refractivity contribution is 0.0430. The van der Waals surface area contributed by atoms with Crippen LogP contribution in [0.2, 0.25) is 0 Å². The molecule has 0 N–H and O–H groups in total. The van der Waals surface area contributed by atoms with Crippen molar-refractivity contribution in [3.8, 4) is 5.75 Å². The number of ether oxygens (including phenoxy) is 2. The molecule has 1 aromatic carbocycles. The summed E-state index contributed by atoms with van der Waals surface area (Å²) in [5, 5.41) is 0. The molecule has 0 spiro atoms. The van der Waals surface area contributed by atoms with Crippen molar-refractivity contribution in [1.82, 2.24) is 0 Å². The van der Waals surface area contributed by atoms with Crippen molar-refractivity contribution >= 4 is 5.78 Å². The molecule has 3 heteroatoms. The fourth-order valence-corrected chi connectivity index (χ4v) is 2.29. The minimum absolute atomic E-state index is 0.0477. The number of benzene rings is 1. The molecule has 0 bridgehead atoms. The maximum atomic E-state index is 12.4. The van der Waals surface area contributed by atoms with E-state index in [0.717, 1.165) is 18.4 Å². The average Bonchev–Trinajstić information content (AvgIpc) is 2.77. The van der Waals surface area contributed by atoms with Gasteiger partial charge in [0, 0.05) is 0 Å². The Kier molecular flexibility index (Phi) is 4.02. The van der Waals surface area contributed by atoms with Gasteiger partial charge in [-0.25, -0.2) is 0 Å². The third-order valence-electron chi connectivity index (χ3n) is 3.22. The van der Waals surface area contributed by atoms with Crippen LogP contribution in [0.25, 0.3) is 0 Å². The van der Waals surface area contributed by atoms with E-state index >= 15 is 0 Å². The SMILES string of the molecule is CCOc1ccc(C)cc1C(=O)C1CCC(C)O1. The van der Waals surface area contributed by atoms with Crippen molar-refractivity contribution in [3.05, 3.63) is 29.3 Å². The van der Waals surface area contributed by atoms with Crippen LogP contribution in [-0.2, 0) is 4.74 Å². The van der Waals surface area contributed by atoms with Gasteiger partial charge in [-0.2, -0.15) is 0 Å². The number of carbonyl (C=O) groups is 1. The molecule has 1 aromatic rings. The highest BCUT2D eigenvalue weighted by Crippen LogP contribution is 2.27. The molecule has 3 nitrogen and oxygen atoms in total. The summed E-state index contributed by atoms with van der Waals surface area (Å²) in [4.78, 5) is 12.4. The predicted octanol–water partition coefficient (Wildman–Crippen LogP) is 3.14. The van der Waals surface area contributed by atoms with E-state index < -0.39 is 0 Å². The zero-order valence-corrected chi connectivity index (χ0v) is 11.2. The molecule has 1 aliphatic heterocycles. The van der Waals surface area contributed by atoms with Crippen LogP contribution < -0.4 is 4.74 Å². The molecule has 0 saturated carbocycles. The summed E-state index contributed by atoms with van der Waals surface area (Å²) in [6.45, 7) is 6.46. The highest BCUT2D eigenvalue weighted by atomic mass is 16.5. The van der Waals surface area contributed by atoms with Gasteiger partial charge in [0.2, 0.25) is 0 Å². The molecule has 2 unspecified atom stereocenters. The normalized spacial score (nSPS) is 23.1. The number of ketones is 1. The number of rotatable bonds is 4. The van der Waals surface area contributed by atoms with Gasteiger partial charge in [0.05, 0.1) is 18.3 Å². The summed E-state index contributed by atoms with van der Waals surface area (Å²) in [5.41, 5.74) is 1.71. The van der Waals surface area contributed by atoms with Gasteiger partial charge in [-0.15, -0.1) is 0 Å². The topological polar surface area (TPSA) is 35.5 Å². The highest BCUT2D eigenvalue weighted by Gasteiger charge is 2.30. The number of aryl methyl sites for hydroxylation is 1. The Bertz CT molecular complexity index is 439. The summed E-state index contributed by atoms with van der Waals surface area (Å²) >= 11 is 0. The Labute approximate surface area is 108 Å². The second-order valence-electron chi connectivity index (χ2n) is 4.81. The van der Waals surface area contributed by atoms with Crippen LogP contribution in [0.3, 0.4) is 0 Å². The van der Waals surface area contributed by atoms with E-state index in [1.165, 1.54) is 0 Å². The third-order valence-corrected chi connectivity index (χ3v) is 3.22. The van der Waals surface area contributed by atoms with Crippen LogP contribution in [0.5, 0.6) is 5.75 Å². The molecule has 2 rings (SSSR count). The van der Waals surface area contributed by atoms with E-state index in [0.29, 0.717) is 17.9 Å². The minimum atomic E-state index is -0.305. The molecule has 1 aliphatic rings. The Hall–Kier alpha value is -1.35. The van der Waals surface area contributed by atoms with Gasteiger partial charge in [0.25, 0.3) is 0 Å². The average molecular weight is 248 g/mol. The molecule has 2 atom stereocenters. The van der Waals surface area contributed by atoms with E-state index in [1.54, 1.807) is 0 Å². The third kappa shape index (κ3) is 2.72. The van der Waals surface area contributed by atoms with Crippen LogP contribution in [0.15, 0.2) is 18.2 Å². The van der Waals surface area contributed by atoms with Crippen molar-refractivity contribution in [2.24, 2.45) is 0 Å². The molecule has 0 aromatic heterocycles. The van der Waals surface area contributed by atoms with Crippen LogP contribution in [0, 0.1) is 6.92 Å². The van der Waals surface area contributed by atoms with Crippen molar-refractivity contribution in [3.63, 3.8) is 0 Å². The number of hydrogen-bond donors (Lipinski definition) is 0. The van der Waals surface area contributed by atoms with Crippen molar-refractivity contribution in [2.45, 2.75) is 45.8 Å². The van der Waals surface area contributed by atoms with Crippen LogP contribution in [-0.4, -0.2) is 24.6 Å². The first-order chi connectivity index (χ1) is 8.61. The summed E-state index contributed by atoms with van der Waals surface area (Å²) in [7, 11) is 0. The maximum Gasteiger partial charge on any atom is 0.195 e. The second-order valence-corrected chi connectivity index (χ2v) is 4.81. The van der Waals surface area contributed by atoms with Gasteiger partial charge in [-0.05, 0) is 45.7 Å². The Morgan fingerprint density at radius 1 is 1.44 bits per heavy atom. The molecular formula is C15H20O3. The first-order valence-corrected chi connectivity index (χ1v) is 6.55. The van der Waals surface area contributed by atoms with Gasteiger partial charge in [-0.3, -0.25) is 4.79 Å². The molecular weight excluding hydrogens is 228 g/mol. The van der Waals surface area contributed by atoms with Crippen molar-refractivity contribution in [2.75, 3.05) is 6.61 Å². The highest BCUT2D eigenvalue weighted by molar-refractivity contribution is 6.02. The molecule has 0 amide bonds. The Balaban J connectivity index is 2.25. The van der Waals surface area contributed by atoms with Crippen molar-refractivity contribution in [1.29, 1.82) is 0 Å². The maximum absolute atomic E-state index is 12.4. The Morgan fingerprint density at radius 2 is 2.22 bits per heavy atom. The largest absolute Gasteiger partial charge is 0.493 e. The zero-order chi connectivity index (χ0) is 13.1. The molecule has 0 radical (unpaired) electrons. The van der Waals surface area contributed by atoms with E-state index in [1.807, 2.05) is 39.0 Å². The van der Waals surface area contributed by atoms with E-state index in [-0.39, 0.29) is 18.0 Å². The first kappa shape index (κ1) is 13.1. The van der Waals surface area contributed by atoms with Crippen LogP contribution in [0.1, 0.15) is 42.6 Å². The number of hydrogen-bond acceptors (Lipinski definition) is 3. The molecule has 0 aliphatic carbocycles. The van der Waals surface area contributed by atoms with Gasteiger partial charge in [0.15, 0.2) is 5.78 Å². The Morgan fingerprint density at radius 3 is 2.83 bits per heavy atom. The van der Waals surface area contributed by atoms with Gasteiger partial charge < -0.3 is 9.47 Å². The lowest BCUT2D eigenvalue weighted by Crippen LogP contribution is -2.21. The standard InChI is InChI=1S/C15H20O3/c1-4-17-13-7-5-10(2)9-12(13)15(16)14-8-6-11(3)18-14/h5,7,9,11,14H,4,6,8H2,1-3H3. The van der Waals surface area contributed by atoms with E-state index in [4.69, 9.17) is 9.47 Å². The fraction of sp³-hybridized carbons (Fsp3) is 0.533. The van der Waals surface area contributed by atoms with Crippen LogP contribution >= 0.6 is 0 Å². The van der Waals surface area contributed by atoms with E-state index in [9.17, 15) is 4.79 Å². The van der Waals surface area contributed by atoms with E-state index in [2.05, 4.69) is 0 Å². The summed E-state index contributed by atoms with van der Waals surface area (Å²) in [6, 6.07) is 5.71. The predicted molar refractivity (Wildman–Crippen MR) is 70.2 cm³/mol. The monoisotopic (exact) mass is 248 g/mol. The summed E-state index contributed by atoms with van der Waals surface area (Å²) in [5.74, 6) is 0.711. The number of carbonyl (C=O) groups excluding carboxylic acids is 1. The molecule has 1 heterocycles. The molecule has 1 fully saturated rings. The zero-order valence-electron chi connectivity index (χ0n) is 11.2. The molecule has 18 heavy (non-hydrogen) atoms. The van der Waals surface area contributed by atoms with Crippen molar-refractivity contribution < 1.29 is 14.3 Å². The molecule has 98 valence electrons. The number of Topliss-reactive ketones (excluding diaryl/α,β-unsaturated/α-hetero) is 1. The lowest BCUT2D eigenvalue weighted by atomic mass is 10.0. The lowest BCUT2D eigenvalue weighted by Gasteiger charge is -2.14. The smallest absolute Gasteiger partial charge is 0.195 e. The van der Waals surface area contributed by atoms with Gasteiger partial charge >= 0.3 is 0 Å². The minimum Gasteiger partial charge on any atom is -0.493 e. The second kappa shape index (κ2) is 5.53. The van der Waals surface area contributed by atoms with Gasteiger partial charge in [0.1, 0.15) is 11.9 Å². The van der Waals surface area contributed by atoms with Gasteiger partial charge in [-0.1, -0.05) is 11.6 Å². The summed E-state index contributed by atoms with van der Waals surface area (Å²) < 4.78 is 11.2. The quantitative estimate of drug-likeness (QED) is 0.768. The fourth-order valence-electron chi connectivity index (χ4n) is 2.29. The first-order valence-electron chi connectivity index (χ1n) is 6.55.